The Kier molecular flexibility index (Phi) is 2.45. The van der Waals surface area contributed by atoms with Gasteiger partial charge in [-0.3, -0.25) is 9.59 Å². The highest BCUT2D eigenvalue weighted by Gasteiger charge is 2.44. The predicted octanol–water partition coefficient (Wildman–Crippen LogP) is 2.53. The van der Waals surface area contributed by atoms with Gasteiger partial charge in [-0.1, -0.05) is 11.6 Å². The van der Waals surface area contributed by atoms with Crippen molar-refractivity contribution in [3.63, 3.8) is 0 Å². The predicted molar refractivity (Wildman–Crippen MR) is 60.8 cm³/mol. The summed E-state index contributed by atoms with van der Waals surface area (Å²) in [5.41, 5.74) is 1.52. The molecular formula is C14H18O2. The molecule has 0 radical (unpaired) electrons. The summed E-state index contributed by atoms with van der Waals surface area (Å²) in [6, 6.07) is 0. The van der Waals surface area contributed by atoms with Crippen LogP contribution in [0.15, 0.2) is 11.6 Å². The summed E-state index contributed by atoms with van der Waals surface area (Å²) < 4.78 is 0. The molecule has 0 aromatic carbocycles. The van der Waals surface area contributed by atoms with Crippen molar-refractivity contribution in [2.45, 2.75) is 38.5 Å². The molecule has 4 saturated carbocycles. The molecule has 4 aliphatic rings. The maximum Gasteiger partial charge on any atom is 0.198 e. The number of rotatable bonds is 3. The zero-order valence-corrected chi connectivity index (χ0v) is 9.52. The number of allylic oxidation sites excluding steroid dienone is 2. The van der Waals surface area contributed by atoms with Crippen LogP contribution in [0.2, 0.25) is 0 Å². The lowest BCUT2D eigenvalue weighted by Crippen LogP contribution is -2.40. The SMILES string of the molecule is O=CC(=O)CC=C1C2CC3CC(C2)CC1C3. The van der Waals surface area contributed by atoms with E-state index >= 15 is 0 Å². The molecule has 4 fully saturated rings. The third kappa shape index (κ3) is 1.64. The lowest BCUT2D eigenvalue weighted by Gasteiger charge is -2.51. The van der Waals surface area contributed by atoms with E-state index in [0.717, 1.165) is 23.7 Å². The quantitative estimate of drug-likeness (QED) is 0.414. The van der Waals surface area contributed by atoms with E-state index in [4.69, 9.17) is 0 Å². The van der Waals surface area contributed by atoms with E-state index in [1.165, 1.54) is 37.7 Å². The van der Waals surface area contributed by atoms with Gasteiger partial charge in [-0.25, -0.2) is 0 Å². The lowest BCUT2D eigenvalue weighted by atomic mass is 9.54. The fourth-order valence-electron chi connectivity index (χ4n) is 4.33. The normalized spacial score (nSPS) is 39.9. The highest BCUT2D eigenvalue weighted by Crippen LogP contribution is 2.56. The highest BCUT2D eigenvalue weighted by molar-refractivity contribution is 6.25. The average Bonchev–Trinajstić information content (AvgIpc) is 2.26. The van der Waals surface area contributed by atoms with E-state index in [2.05, 4.69) is 6.08 Å². The van der Waals surface area contributed by atoms with Crippen molar-refractivity contribution in [2.24, 2.45) is 23.7 Å². The van der Waals surface area contributed by atoms with Gasteiger partial charge in [-0.05, 0) is 55.8 Å². The minimum atomic E-state index is -0.277. The van der Waals surface area contributed by atoms with Gasteiger partial charge in [0.05, 0.1) is 0 Å². The number of ketones is 1. The Hall–Kier alpha value is -0.920. The zero-order valence-electron chi connectivity index (χ0n) is 9.52. The van der Waals surface area contributed by atoms with Crippen LogP contribution in [0.4, 0.5) is 0 Å². The summed E-state index contributed by atoms with van der Waals surface area (Å²) in [6.07, 6.45) is 9.68. The van der Waals surface area contributed by atoms with Gasteiger partial charge in [0.25, 0.3) is 0 Å². The molecule has 4 aliphatic carbocycles. The number of hydrogen-bond donors (Lipinski definition) is 0. The van der Waals surface area contributed by atoms with E-state index in [9.17, 15) is 9.59 Å². The fourth-order valence-corrected chi connectivity index (χ4v) is 4.33. The summed E-state index contributed by atoms with van der Waals surface area (Å²) in [5.74, 6) is 3.13. The molecule has 2 nitrogen and oxygen atoms in total. The van der Waals surface area contributed by atoms with Crippen LogP contribution in [-0.2, 0) is 9.59 Å². The van der Waals surface area contributed by atoms with Crippen LogP contribution in [0, 0.1) is 23.7 Å². The molecule has 0 heterocycles. The molecule has 2 heteroatoms. The van der Waals surface area contributed by atoms with Gasteiger partial charge in [0.2, 0.25) is 0 Å². The van der Waals surface area contributed by atoms with Crippen molar-refractivity contribution in [1.29, 1.82) is 0 Å². The Morgan fingerprint density at radius 3 is 2.12 bits per heavy atom. The summed E-state index contributed by atoms with van der Waals surface area (Å²) >= 11 is 0. The van der Waals surface area contributed by atoms with Gasteiger partial charge in [-0.15, -0.1) is 0 Å². The molecule has 0 saturated heterocycles. The first kappa shape index (κ1) is 10.2. The van der Waals surface area contributed by atoms with Crippen molar-refractivity contribution in [2.75, 3.05) is 0 Å². The number of aldehydes is 1. The highest BCUT2D eigenvalue weighted by atomic mass is 16.2. The second-order valence-corrected chi connectivity index (χ2v) is 5.80. The third-order valence-corrected chi connectivity index (χ3v) is 4.75. The van der Waals surface area contributed by atoms with E-state index in [1.54, 1.807) is 0 Å². The molecule has 0 amide bonds. The minimum Gasteiger partial charge on any atom is -0.295 e. The van der Waals surface area contributed by atoms with Crippen LogP contribution in [0.1, 0.15) is 38.5 Å². The van der Waals surface area contributed by atoms with Crippen LogP contribution in [0.3, 0.4) is 0 Å². The molecule has 0 aliphatic heterocycles. The van der Waals surface area contributed by atoms with Crippen LogP contribution in [0.5, 0.6) is 0 Å². The first-order valence-electron chi connectivity index (χ1n) is 6.44. The average molecular weight is 218 g/mol. The molecule has 0 unspecified atom stereocenters. The summed E-state index contributed by atoms with van der Waals surface area (Å²) in [5, 5.41) is 0. The number of carbonyl (C=O) groups excluding carboxylic acids is 2. The van der Waals surface area contributed by atoms with Crippen LogP contribution in [-0.4, -0.2) is 12.1 Å². The Balaban J connectivity index is 1.76. The van der Waals surface area contributed by atoms with E-state index < -0.39 is 0 Å². The van der Waals surface area contributed by atoms with Crippen molar-refractivity contribution in [3.05, 3.63) is 11.6 Å². The Morgan fingerprint density at radius 2 is 1.62 bits per heavy atom. The number of hydrogen-bond acceptors (Lipinski definition) is 2. The molecule has 4 rings (SSSR count). The molecule has 4 bridgehead atoms. The molecule has 16 heavy (non-hydrogen) atoms. The smallest absolute Gasteiger partial charge is 0.198 e. The molecule has 0 aromatic heterocycles. The Labute approximate surface area is 96.1 Å². The molecule has 0 N–H and O–H groups in total. The van der Waals surface area contributed by atoms with Gasteiger partial charge in [0.1, 0.15) is 0 Å². The maximum absolute atomic E-state index is 11.0. The first-order chi connectivity index (χ1) is 7.76. The second-order valence-electron chi connectivity index (χ2n) is 5.80. The largest absolute Gasteiger partial charge is 0.295 e. The van der Waals surface area contributed by atoms with Gasteiger partial charge in [-0.2, -0.15) is 0 Å². The van der Waals surface area contributed by atoms with Crippen molar-refractivity contribution in [1.82, 2.24) is 0 Å². The van der Waals surface area contributed by atoms with Crippen molar-refractivity contribution < 1.29 is 9.59 Å². The lowest BCUT2D eigenvalue weighted by molar-refractivity contribution is -0.129. The van der Waals surface area contributed by atoms with Crippen LogP contribution < -0.4 is 0 Å². The standard InChI is InChI=1S/C14H18O2/c15-8-13(16)1-2-14-11-4-9-3-10(6-11)7-12(14)5-9/h2,8-12H,1,3-7H2. The van der Waals surface area contributed by atoms with Crippen LogP contribution >= 0.6 is 0 Å². The Morgan fingerprint density at radius 1 is 1.06 bits per heavy atom. The molecule has 86 valence electrons. The van der Waals surface area contributed by atoms with Crippen molar-refractivity contribution in [3.8, 4) is 0 Å². The molecule has 0 atom stereocenters. The minimum absolute atomic E-state index is 0.277. The molecule has 0 aromatic rings. The maximum atomic E-state index is 11.0. The van der Waals surface area contributed by atoms with E-state index in [1.807, 2.05) is 0 Å². The van der Waals surface area contributed by atoms with Gasteiger partial charge >= 0.3 is 0 Å². The van der Waals surface area contributed by atoms with Crippen molar-refractivity contribution >= 4 is 12.1 Å². The number of Topliss-reactive ketones (excluding diaryl/α,β-unsaturated/α-hetero) is 1. The third-order valence-electron chi connectivity index (χ3n) is 4.75. The molecule has 0 spiro atoms. The van der Waals surface area contributed by atoms with Gasteiger partial charge < -0.3 is 0 Å². The van der Waals surface area contributed by atoms with Crippen LogP contribution in [0.25, 0.3) is 0 Å². The summed E-state index contributed by atoms with van der Waals surface area (Å²) in [4.78, 5) is 21.3. The topological polar surface area (TPSA) is 34.1 Å². The van der Waals surface area contributed by atoms with E-state index in [-0.39, 0.29) is 5.78 Å². The monoisotopic (exact) mass is 218 g/mol. The summed E-state index contributed by atoms with van der Waals surface area (Å²) in [7, 11) is 0. The summed E-state index contributed by atoms with van der Waals surface area (Å²) in [6.45, 7) is 0. The fraction of sp³-hybridized carbons (Fsp3) is 0.714. The number of carbonyl (C=O) groups is 2. The van der Waals surface area contributed by atoms with Gasteiger partial charge in [0.15, 0.2) is 12.1 Å². The van der Waals surface area contributed by atoms with E-state index in [0.29, 0.717) is 12.7 Å². The second kappa shape index (κ2) is 3.83. The zero-order chi connectivity index (χ0) is 11.1. The first-order valence-corrected chi connectivity index (χ1v) is 6.44. The Bertz CT molecular complexity index is 324. The molecular weight excluding hydrogens is 200 g/mol. The van der Waals surface area contributed by atoms with Gasteiger partial charge in [0, 0.05) is 6.42 Å².